The Balaban J connectivity index is 2.03. The van der Waals surface area contributed by atoms with Gasteiger partial charge in [-0.25, -0.2) is 19.4 Å². The van der Waals surface area contributed by atoms with Gasteiger partial charge in [0, 0.05) is 6.54 Å². The lowest BCUT2D eigenvalue weighted by molar-refractivity contribution is -0.139. The average Bonchev–Trinajstić information content (AvgIpc) is 3.00. The number of amides is 2. The number of anilines is 1. The molecule has 2 aromatic rings. The maximum Gasteiger partial charge on any atom is 0.406 e. The number of rotatable bonds is 5. The minimum absolute atomic E-state index is 0.00973. The highest BCUT2D eigenvalue weighted by Crippen LogP contribution is 2.18. The van der Waals surface area contributed by atoms with Crippen LogP contribution >= 0.6 is 0 Å². The van der Waals surface area contributed by atoms with Gasteiger partial charge < -0.3 is 10.2 Å². The van der Waals surface area contributed by atoms with Gasteiger partial charge in [0.15, 0.2) is 5.82 Å². The molecule has 1 N–H and O–H groups in total. The van der Waals surface area contributed by atoms with Gasteiger partial charge in [-0.2, -0.15) is 18.3 Å². The molecule has 0 aliphatic carbocycles. The zero-order valence-corrected chi connectivity index (χ0v) is 12.3. The second-order valence-electron chi connectivity index (χ2n) is 4.71. The summed E-state index contributed by atoms with van der Waals surface area (Å²) in [6.45, 7) is 0.415. The maximum absolute atomic E-state index is 12.5. The molecule has 0 aromatic carbocycles. The van der Waals surface area contributed by atoms with Crippen molar-refractivity contribution in [3.63, 3.8) is 0 Å². The van der Waals surface area contributed by atoms with E-state index in [4.69, 9.17) is 0 Å². The molecular formula is C13H15F3N6O. The molecule has 0 spiro atoms. The minimum Gasteiger partial charge on any atom is -0.315 e. The van der Waals surface area contributed by atoms with Crippen molar-refractivity contribution >= 4 is 11.7 Å². The van der Waals surface area contributed by atoms with Crippen molar-refractivity contribution in [1.82, 2.24) is 24.6 Å². The van der Waals surface area contributed by atoms with Crippen LogP contribution in [-0.4, -0.2) is 49.9 Å². The van der Waals surface area contributed by atoms with Gasteiger partial charge in [-0.1, -0.05) is 6.92 Å². The summed E-state index contributed by atoms with van der Waals surface area (Å²) in [4.78, 5) is 20.5. The van der Waals surface area contributed by atoms with Gasteiger partial charge in [-0.15, -0.1) is 0 Å². The van der Waals surface area contributed by atoms with E-state index in [0.29, 0.717) is 22.8 Å². The van der Waals surface area contributed by atoms with E-state index in [2.05, 4.69) is 20.4 Å². The number of carbonyl (C=O) groups excluding carboxylic acids is 1. The highest BCUT2D eigenvalue weighted by atomic mass is 19.4. The molecule has 23 heavy (non-hydrogen) atoms. The molecule has 2 amide bonds. The third-order valence-electron chi connectivity index (χ3n) is 2.80. The third kappa shape index (κ3) is 4.94. The number of pyridine rings is 1. The van der Waals surface area contributed by atoms with Crippen LogP contribution in [-0.2, 0) is 0 Å². The number of alkyl halides is 3. The molecule has 2 rings (SSSR count). The maximum atomic E-state index is 12.5. The van der Waals surface area contributed by atoms with Gasteiger partial charge in [0.2, 0.25) is 0 Å². The number of carbonyl (C=O) groups is 1. The Morgan fingerprint density at radius 2 is 2.17 bits per heavy atom. The van der Waals surface area contributed by atoms with E-state index in [1.165, 1.54) is 29.6 Å². The lowest BCUT2D eigenvalue weighted by Crippen LogP contribution is -2.41. The molecule has 7 nitrogen and oxygen atoms in total. The van der Waals surface area contributed by atoms with Gasteiger partial charge >= 0.3 is 12.2 Å². The van der Waals surface area contributed by atoms with Crippen LogP contribution in [0.25, 0.3) is 5.82 Å². The van der Waals surface area contributed by atoms with E-state index in [9.17, 15) is 18.0 Å². The summed E-state index contributed by atoms with van der Waals surface area (Å²) in [5.41, 5.74) is 0.294. The van der Waals surface area contributed by atoms with Crippen molar-refractivity contribution in [2.45, 2.75) is 19.5 Å². The first-order valence-electron chi connectivity index (χ1n) is 6.83. The summed E-state index contributed by atoms with van der Waals surface area (Å²) in [6.07, 6.45) is 0.116. The Hall–Kier alpha value is -2.65. The lowest BCUT2D eigenvalue weighted by atomic mass is 10.4. The van der Waals surface area contributed by atoms with Crippen LogP contribution in [0.3, 0.4) is 0 Å². The fraction of sp³-hybridized carbons (Fsp3) is 0.385. The second kappa shape index (κ2) is 7.07. The van der Waals surface area contributed by atoms with E-state index >= 15 is 0 Å². The summed E-state index contributed by atoms with van der Waals surface area (Å²) < 4.78 is 38.9. The van der Waals surface area contributed by atoms with Crippen LogP contribution in [0.2, 0.25) is 0 Å². The van der Waals surface area contributed by atoms with Gasteiger partial charge in [0.05, 0.1) is 11.9 Å². The summed E-state index contributed by atoms with van der Waals surface area (Å²) in [5.74, 6) is 0.473. The summed E-state index contributed by atoms with van der Waals surface area (Å²) in [5, 5.41) is 6.29. The Bertz CT molecular complexity index is 626. The zero-order valence-electron chi connectivity index (χ0n) is 12.3. The van der Waals surface area contributed by atoms with Gasteiger partial charge in [0.1, 0.15) is 19.2 Å². The summed E-state index contributed by atoms with van der Waals surface area (Å²) in [6, 6.07) is 2.28. The average molecular weight is 328 g/mol. The predicted molar refractivity (Wildman–Crippen MR) is 76.1 cm³/mol. The normalized spacial score (nSPS) is 11.3. The predicted octanol–water partition coefficient (Wildman–Crippen LogP) is 2.47. The molecule has 0 atom stereocenters. The number of nitrogens with zero attached hydrogens (tertiary/aromatic N) is 5. The monoisotopic (exact) mass is 328 g/mol. The second-order valence-corrected chi connectivity index (χ2v) is 4.71. The van der Waals surface area contributed by atoms with E-state index in [1.807, 2.05) is 0 Å². The lowest BCUT2D eigenvalue weighted by Gasteiger charge is -2.23. The highest BCUT2D eigenvalue weighted by molar-refractivity contribution is 5.89. The first-order valence-corrected chi connectivity index (χ1v) is 6.83. The molecule has 2 aromatic heterocycles. The van der Waals surface area contributed by atoms with Gasteiger partial charge in [-0.05, 0) is 18.6 Å². The molecule has 0 saturated carbocycles. The van der Waals surface area contributed by atoms with E-state index < -0.39 is 18.8 Å². The number of halogens is 3. The first-order chi connectivity index (χ1) is 10.9. The molecule has 124 valence electrons. The number of nitrogens with one attached hydrogen (secondary N) is 1. The van der Waals surface area contributed by atoms with Crippen LogP contribution in [0.1, 0.15) is 13.3 Å². The zero-order chi connectivity index (χ0) is 16.9. The van der Waals surface area contributed by atoms with Gasteiger partial charge in [0.25, 0.3) is 0 Å². The fourth-order valence-corrected chi connectivity index (χ4v) is 1.86. The topological polar surface area (TPSA) is 75.9 Å². The Morgan fingerprint density at radius 1 is 1.39 bits per heavy atom. The molecule has 2 heterocycles. The number of hydrogen-bond acceptors (Lipinski definition) is 4. The summed E-state index contributed by atoms with van der Waals surface area (Å²) in [7, 11) is 0. The van der Waals surface area contributed by atoms with Crippen LogP contribution in [0.5, 0.6) is 0 Å². The van der Waals surface area contributed by atoms with Crippen molar-refractivity contribution in [3.8, 4) is 5.82 Å². The minimum atomic E-state index is -4.44. The fourth-order valence-electron chi connectivity index (χ4n) is 1.86. The van der Waals surface area contributed by atoms with Crippen molar-refractivity contribution in [1.29, 1.82) is 0 Å². The summed E-state index contributed by atoms with van der Waals surface area (Å²) >= 11 is 0. The molecule has 0 unspecified atom stereocenters. The molecule has 0 saturated heterocycles. The molecule has 0 aliphatic heterocycles. The van der Waals surface area contributed by atoms with Crippen LogP contribution in [0.15, 0.2) is 31.0 Å². The Morgan fingerprint density at radius 3 is 2.70 bits per heavy atom. The quantitative estimate of drug-likeness (QED) is 0.915. The van der Waals surface area contributed by atoms with Crippen molar-refractivity contribution in [3.05, 3.63) is 31.0 Å². The molecule has 10 heteroatoms. The number of urea groups is 1. The Kier molecular flexibility index (Phi) is 5.14. The largest absolute Gasteiger partial charge is 0.406 e. The van der Waals surface area contributed by atoms with Crippen molar-refractivity contribution < 1.29 is 18.0 Å². The smallest absolute Gasteiger partial charge is 0.315 e. The van der Waals surface area contributed by atoms with Gasteiger partial charge in [-0.3, -0.25) is 0 Å². The molecule has 0 radical (unpaired) electrons. The van der Waals surface area contributed by atoms with Crippen molar-refractivity contribution in [2.24, 2.45) is 0 Å². The SMILES string of the molecule is CCCN(CC(F)(F)F)C(=O)Nc1ccc(-n2cncn2)nc1. The van der Waals surface area contributed by atoms with Crippen LogP contribution < -0.4 is 5.32 Å². The number of aromatic nitrogens is 4. The standard InChI is InChI=1S/C13H15F3N6O/c1-2-5-21(7-13(14,15)16)12(23)20-10-3-4-11(18-6-10)22-9-17-8-19-22/h3-4,6,8-9H,2,5,7H2,1H3,(H,20,23). The number of hydrogen-bond donors (Lipinski definition) is 1. The molecule has 0 bridgehead atoms. The van der Waals surface area contributed by atoms with Crippen molar-refractivity contribution in [2.75, 3.05) is 18.4 Å². The highest BCUT2D eigenvalue weighted by Gasteiger charge is 2.32. The Labute approximate surface area is 130 Å². The van der Waals surface area contributed by atoms with Crippen LogP contribution in [0.4, 0.5) is 23.7 Å². The van der Waals surface area contributed by atoms with Crippen LogP contribution in [0, 0.1) is 0 Å². The molecular weight excluding hydrogens is 313 g/mol. The van der Waals surface area contributed by atoms with E-state index in [0.717, 1.165) is 0 Å². The van der Waals surface area contributed by atoms with E-state index in [1.54, 1.807) is 13.0 Å². The first kappa shape index (κ1) is 16.7. The van der Waals surface area contributed by atoms with E-state index in [-0.39, 0.29) is 6.54 Å². The molecule has 0 aliphatic rings. The molecule has 0 fully saturated rings. The third-order valence-corrected chi connectivity index (χ3v) is 2.80.